The lowest BCUT2D eigenvalue weighted by atomic mass is 10.1. The number of hydrogen-bond acceptors (Lipinski definition) is 4. The molecule has 0 heterocycles. The lowest BCUT2D eigenvalue weighted by Gasteiger charge is -2.16. The van der Waals surface area contributed by atoms with E-state index in [1.807, 2.05) is 6.92 Å². The van der Waals surface area contributed by atoms with Crippen LogP contribution in [0.15, 0.2) is 29.4 Å². The number of hydrogen-bond donors (Lipinski definition) is 4. The van der Waals surface area contributed by atoms with Gasteiger partial charge in [-0.2, -0.15) is 0 Å². The summed E-state index contributed by atoms with van der Waals surface area (Å²) in [5.41, 5.74) is 6.05. The maximum absolute atomic E-state index is 11.8. The number of urea groups is 1. The molecule has 7 heteroatoms. The minimum Gasteiger partial charge on any atom is -0.497 e. The van der Waals surface area contributed by atoms with Crippen molar-refractivity contribution in [3.05, 3.63) is 24.3 Å². The van der Waals surface area contributed by atoms with Crippen LogP contribution in [0, 0.1) is 0 Å². The minimum atomic E-state index is -0.351. The van der Waals surface area contributed by atoms with Gasteiger partial charge in [-0.05, 0) is 18.6 Å². The van der Waals surface area contributed by atoms with Crippen molar-refractivity contribution in [2.24, 2.45) is 10.9 Å². The molecule has 0 radical (unpaired) electrons. The summed E-state index contributed by atoms with van der Waals surface area (Å²) in [4.78, 5) is 11.8. The summed E-state index contributed by atoms with van der Waals surface area (Å²) in [5.74, 6) is 0.741. The molecule has 1 unspecified atom stereocenters. The minimum absolute atomic E-state index is 0.0820. The zero-order valence-corrected chi connectivity index (χ0v) is 11.6. The first-order chi connectivity index (χ1) is 9.58. The van der Waals surface area contributed by atoms with Crippen molar-refractivity contribution in [2.75, 3.05) is 12.4 Å². The van der Waals surface area contributed by atoms with E-state index in [0.29, 0.717) is 24.3 Å². The van der Waals surface area contributed by atoms with Gasteiger partial charge in [-0.3, -0.25) is 0 Å². The fraction of sp³-hybridized carbons (Fsp3) is 0.385. The quantitative estimate of drug-likeness (QED) is 0.275. The first kappa shape index (κ1) is 15.6. The summed E-state index contributed by atoms with van der Waals surface area (Å²) in [7, 11) is 1.56. The molecule has 7 nitrogen and oxygen atoms in total. The van der Waals surface area contributed by atoms with Crippen LogP contribution >= 0.6 is 0 Å². The fourth-order valence-corrected chi connectivity index (χ4v) is 1.64. The van der Waals surface area contributed by atoms with Gasteiger partial charge in [0.05, 0.1) is 7.11 Å². The zero-order chi connectivity index (χ0) is 15.0. The van der Waals surface area contributed by atoms with E-state index < -0.39 is 0 Å². The number of rotatable bonds is 6. The smallest absolute Gasteiger partial charge is 0.319 e. The molecule has 20 heavy (non-hydrogen) atoms. The van der Waals surface area contributed by atoms with Crippen LogP contribution in [0.1, 0.15) is 19.8 Å². The number of carbonyl (C=O) groups is 1. The monoisotopic (exact) mass is 280 g/mol. The number of nitrogens with one attached hydrogen (secondary N) is 2. The van der Waals surface area contributed by atoms with Crippen LogP contribution in [0.4, 0.5) is 10.5 Å². The first-order valence-corrected chi connectivity index (χ1v) is 6.27. The lowest BCUT2D eigenvalue weighted by molar-refractivity contribution is 0.248. The number of nitrogens with two attached hydrogens (primary N) is 1. The van der Waals surface area contributed by atoms with Gasteiger partial charge >= 0.3 is 6.03 Å². The van der Waals surface area contributed by atoms with E-state index >= 15 is 0 Å². The lowest BCUT2D eigenvalue weighted by Crippen LogP contribution is -2.40. The van der Waals surface area contributed by atoms with Crippen LogP contribution in [-0.4, -0.2) is 30.2 Å². The van der Waals surface area contributed by atoms with Crippen LogP contribution < -0.4 is 21.1 Å². The number of amides is 2. The molecule has 5 N–H and O–H groups in total. The van der Waals surface area contributed by atoms with E-state index in [2.05, 4.69) is 15.8 Å². The second-order valence-corrected chi connectivity index (χ2v) is 4.23. The number of ether oxygens (including phenoxy) is 1. The van der Waals surface area contributed by atoms with Crippen LogP contribution in [0.2, 0.25) is 0 Å². The molecule has 0 aliphatic carbocycles. The Kier molecular flexibility index (Phi) is 6.15. The van der Waals surface area contributed by atoms with Crippen molar-refractivity contribution in [2.45, 2.75) is 25.8 Å². The van der Waals surface area contributed by atoms with E-state index in [9.17, 15) is 4.79 Å². The molecule has 1 rings (SSSR count). The van der Waals surface area contributed by atoms with Gasteiger partial charge in [-0.25, -0.2) is 4.79 Å². The molecule has 0 saturated heterocycles. The predicted molar refractivity (Wildman–Crippen MR) is 77.3 cm³/mol. The molecule has 0 aliphatic heterocycles. The first-order valence-electron chi connectivity index (χ1n) is 6.27. The van der Waals surface area contributed by atoms with E-state index in [1.165, 1.54) is 0 Å². The van der Waals surface area contributed by atoms with Crippen LogP contribution in [-0.2, 0) is 0 Å². The second-order valence-electron chi connectivity index (χ2n) is 4.23. The fourth-order valence-electron chi connectivity index (χ4n) is 1.64. The molecular weight excluding hydrogens is 260 g/mol. The van der Waals surface area contributed by atoms with E-state index in [4.69, 9.17) is 15.7 Å². The molecule has 0 fully saturated rings. The van der Waals surface area contributed by atoms with E-state index in [0.717, 1.165) is 0 Å². The van der Waals surface area contributed by atoms with Crippen molar-refractivity contribution >= 4 is 17.6 Å². The van der Waals surface area contributed by atoms with Gasteiger partial charge in [0.1, 0.15) is 11.6 Å². The molecule has 0 bridgehead atoms. The van der Waals surface area contributed by atoms with Crippen molar-refractivity contribution in [3.63, 3.8) is 0 Å². The molecule has 110 valence electrons. The van der Waals surface area contributed by atoms with E-state index in [-0.39, 0.29) is 17.9 Å². The number of carbonyl (C=O) groups excluding carboxylic acids is 1. The predicted octanol–water partition coefficient (Wildman–Crippen LogP) is 1.73. The number of amidine groups is 1. The number of anilines is 1. The second kappa shape index (κ2) is 7.88. The Labute approximate surface area is 117 Å². The van der Waals surface area contributed by atoms with E-state index in [1.54, 1.807) is 31.4 Å². The number of oxime groups is 1. The maximum Gasteiger partial charge on any atom is 0.319 e. The Morgan fingerprint density at radius 2 is 2.30 bits per heavy atom. The summed E-state index contributed by atoms with van der Waals surface area (Å²) in [6.07, 6.45) is 0.959. The SMILES string of the molecule is CCC(CC(N)=NO)NC(=O)Nc1cccc(OC)c1. The number of methoxy groups -OCH3 is 1. The summed E-state index contributed by atoms with van der Waals surface area (Å²) in [5, 5.41) is 16.9. The van der Waals surface area contributed by atoms with Crippen molar-refractivity contribution in [1.29, 1.82) is 0 Å². The standard InChI is InChI=1S/C13H20N4O3/c1-3-9(8-12(14)17-19)15-13(18)16-10-5-4-6-11(7-10)20-2/h4-7,9,19H,3,8H2,1-2H3,(H2,14,17)(H2,15,16,18). The highest BCUT2D eigenvalue weighted by atomic mass is 16.5. The number of nitrogens with zero attached hydrogens (tertiary/aromatic N) is 1. The highest BCUT2D eigenvalue weighted by molar-refractivity contribution is 5.90. The molecule has 1 aromatic carbocycles. The van der Waals surface area contributed by atoms with Gasteiger partial charge in [0.25, 0.3) is 0 Å². The van der Waals surface area contributed by atoms with Gasteiger partial charge in [-0.1, -0.05) is 18.1 Å². The third kappa shape index (κ3) is 5.05. The van der Waals surface area contributed by atoms with Gasteiger partial charge in [0.2, 0.25) is 0 Å². The Bertz CT molecular complexity index is 476. The average molecular weight is 280 g/mol. The Balaban J connectivity index is 2.57. The van der Waals surface area contributed by atoms with Crippen molar-refractivity contribution in [1.82, 2.24) is 5.32 Å². The normalized spacial score (nSPS) is 12.6. The van der Waals surface area contributed by atoms with Gasteiger partial charge in [0.15, 0.2) is 0 Å². The van der Waals surface area contributed by atoms with Crippen molar-refractivity contribution < 1.29 is 14.7 Å². The molecule has 2 amide bonds. The zero-order valence-electron chi connectivity index (χ0n) is 11.6. The maximum atomic E-state index is 11.8. The molecule has 1 atom stereocenters. The van der Waals surface area contributed by atoms with Crippen LogP contribution in [0.5, 0.6) is 5.75 Å². The van der Waals surface area contributed by atoms with Gasteiger partial charge in [-0.15, -0.1) is 0 Å². The van der Waals surface area contributed by atoms with Crippen molar-refractivity contribution in [3.8, 4) is 5.75 Å². The summed E-state index contributed by atoms with van der Waals surface area (Å²) >= 11 is 0. The topological polar surface area (TPSA) is 109 Å². The van der Waals surface area contributed by atoms with Gasteiger partial charge in [0, 0.05) is 24.2 Å². The molecule has 0 saturated carbocycles. The highest BCUT2D eigenvalue weighted by Crippen LogP contribution is 2.16. The number of benzene rings is 1. The molecule has 0 aliphatic rings. The average Bonchev–Trinajstić information content (AvgIpc) is 2.46. The van der Waals surface area contributed by atoms with Crippen LogP contribution in [0.25, 0.3) is 0 Å². The Morgan fingerprint density at radius 3 is 2.90 bits per heavy atom. The molecular formula is C13H20N4O3. The Hall–Kier alpha value is -2.44. The third-order valence-electron chi connectivity index (χ3n) is 2.74. The molecule has 0 spiro atoms. The highest BCUT2D eigenvalue weighted by Gasteiger charge is 2.12. The molecule has 1 aromatic rings. The summed E-state index contributed by atoms with van der Waals surface area (Å²) in [6, 6.07) is 6.49. The van der Waals surface area contributed by atoms with Gasteiger partial charge < -0.3 is 26.3 Å². The summed E-state index contributed by atoms with van der Waals surface area (Å²) in [6.45, 7) is 1.90. The van der Waals surface area contributed by atoms with Crippen LogP contribution in [0.3, 0.4) is 0 Å². The largest absolute Gasteiger partial charge is 0.497 e. The third-order valence-corrected chi connectivity index (χ3v) is 2.74. The Morgan fingerprint density at radius 1 is 1.55 bits per heavy atom. The summed E-state index contributed by atoms with van der Waals surface area (Å²) < 4.78 is 5.07. The molecule has 0 aromatic heterocycles.